The van der Waals surface area contributed by atoms with Crippen molar-refractivity contribution in [3.63, 3.8) is 0 Å². The van der Waals surface area contributed by atoms with Gasteiger partial charge >= 0.3 is 0 Å². The molecule has 0 aliphatic carbocycles. The van der Waals surface area contributed by atoms with Crippen LogP contribution in [0.2, 0.25) is 0 Å². The Kier molecular flexibility index (Phi) is 9.28. The summed E-state index contributed by atoms with van der Waals surface area (Å²) in [7, 11) is 0. The van der Waals surface area contributed by atoms with Gasteiger partial charge in [0, 0.05) is 12.6 Å². The van der Waals surface area contributed by atoms with Crippen molar-refractivity contribution in [3.8, 4) is 0 Å². The van der Waals surface area contributed by atoms with Gasteiger partial charge in [-0.25, -0.2) is 0 Å². The molecule has 0 aliphatic heterocycles. The Labute approximate surface area is 50.7 Å². The van der Waals surface area contributed by atoms with Gasteiger partial charge in [-0.1, -0.05) is 13.8 Å². The van der Waals surface area contributed by atoms with Crippen LogP contribution in [0.1, 0.15) is 13.8 Å². The second-order valence-corrected chi connectivity index (χ2v) is 1.83. The Morgan fingerprint density at radius 1 is 1.50 bits per heavy atom. The number of nitrogens with one attached hydrogen (secondary N) is 1. The predicted octanol–water partition coefficient (Wildman–Crippen LogP) is 0.139. The molecule has 0 atom stereocenters. The van der Waals surface area contributed by atoms with Crippen LogP contribution in [0.5, 0.6) is 0 Å². The molecule has 0 radical (unpaired) electrons. The molecule has 52 valence electrons. The van der Waals surface area contributed by atoms with Gasteiger partial charge in [-0.05, 0) is 0 Å². The van der Waals surface area contributed by atoms with Crippen LogP contribution in [0.3, 0.4) is 0 Å². The van der Waals surface area contributed by atoms with Crippen LogP contribution >= 0.6 is 0 Å². The first-order valence-electron chi connectivity index (χ1n) is 2.61. The number of aliphatic hydroxyl groups excluding tert-OH is 1. The molecule has 0 saturated carbocycles. The zero-order valence-electron chi connectivity index (χ0n) is 5.65. The van der Waals surface area contributed by atoms with E-state index in [1.807, 2.05) is 0 Å². The van der Waals surface area contributed by atoms with Gasteiger partial charge in [-0.15, -0.1) is 0 Å². The zero-order chi connectivity index (χ0) is 5.70. The van der Waals surface area contributed by atoms with Crippen LogP contribution in [-0.4, -0.2) is 24.3 Å². The van der Waals surface area contributed by atoms with Crippen LogP contribution in [0.15, 0.2) is 0 Å². The lowest BCUT2D eigenvalue weighted by molar-refractivity contribution is 0.287. The van der Waals surface area contributed by atoms with Gasteiger partial charge in [0.05, 0.1) is 6.61 Å². The molecule has 0 aliphatic rings. The molecule has 8 heavy (non-hydrogen) atoms. The van der Waals surface area contributed by atoms with Crippen LogP contribution in [-0.2, 0) is 0 Å². The summed E-state index contributed by atoms with van der Waals surface area (Å²) in [4.78, 5) is 0. The van der Waals surface area contributed by atoms with Gasteiger partial charge in [0.2, 0.25) is 0 Å². The third-order valence-corrected chi connectivity index (χ3v) is 0.664. The first-order chi connectivity index (χ1) is 3.27. The lowest BCUT2D eigenvalue weighted by Gasteiger charge is -2.03. The van der Waals surface area contributed by atoms with Crippen LogP contribution in [0.25, 0.3) is 0 Å². The van der Waals surface area contributed by atoms with Crippen molar-refractivity contribution in [2.75, 3.05) is 13.2 Å². The summed E-state index contributed by atoms with van der Waals surface area (Å²) in [6, 6.07) is 0.493. The van der Waals surface area contributed by atoms with Gasteiger partial charge in [-0.2, -0.15) is 0 Å². The van der Waals surface area contributed by atoms with E-state index in [0.717, 1.165) is 0 Å². The molecule has 5 N–H and O–H groups in total. The van der Waals surface area contributed by atoms with Gasteiger partial charge in [0.1, 0.15) is 0 Å². The summed E-state index contributed by atoms with van der Waals surface area (Å²) in [5, 5.41) is 11.3. The van der Waals surface area contributed by atoms with E-state index in [9.17, 15) is 0 Å². The minimum atomic E-state index is 0. The molecule has 0 rings (SSSR count). The van der Waals surface area contributed by atoms with Crippen molar-refractivity contribution < 1.29 is 5.11 Å². The quantitative estimate of drug-likeness (QED) is 0.496. The summed E-state index contributed by atoms with van der Waals surface area (Å²) in [5.74, 6) is 0. The van der Waals surface area contributed by atoms with Crippen LogP contribution in [0.4, 0.5) is 0 Å². The highest BCUT2D eigenvalue weighted by atomic mass is 16.3. The molecule has 0 saturated heterocycles. The van der Waals surface area contributed by atoms with Gasteiger partial charge in [0.25, 0.3) is 0 Å². The largest absolute Gasteiger partial charge is 0.395 e. The lowest BCUT2D eigenvalue weighted by atomic mass is 10.4. The maximum atomic E-state index is 8.25. The lowest BCUT2D eigenvalue weighted by Crippen LogP contribution is -2.25. The second-order valence-electron chi connectivity index (χ2n) is 1.83. The minimum absolute atomic E-state index is 0. The average Bonchev–Trinajstić information content (AvgIpc) is 1.61. The summed E-state index contributed by atoms with van der Waals surface area (Å²) in [6.45, 7) is 5.04. The molecule has 0 aromatic rings. The SMILES string of the molecule is CC(C)NCCO.N. The normalized spacial score (nSPS) is 9.00. The molecule has 0 aromatic heterocycles. The topological polar surface area (TPSA) is 67.3 Å². The third-order valence-electron chi connectivity index (χ3n) is 0.664. The Hall–Kier alpha value is -0.120. The molecule has 3 nitrogen and oxygen atoms in total. The monoisotopic (exact) mass is 120 g/mol. The molecule has 0 fully saturated rings. The Bertz CT molecular complexity index is 39.4. The minimum Gasteiger partial charge on any atom is -0.395 e. The van der Waals surface area contributed by atoms with Crippen molar-refractivity contribution in [1.82, 2.24) is 11.5 Å². The second kappa shape index (κ2) is 6.88. The van der Waals surface area contributed by atoms with E-state index in [4.69, 9.17) is 5.11 Å². The number of hydrogen-bond donors (Lipinski definition) is 3. The molecule has 0 aromatic carbocycles. The maximum Gasteiger partial charge on any atom is 0.0556 e. The van der Waals surface area contributed by atoms with Gasteiger partial charge < -0.3 is 16.6 Å². The van der Waals surface area contributed by atoms with Gasteiger partial charge in [0.15, 0.2) is 0 Å². The molecule has 3 heteroatoms. The van der Waals surface area contributed by atoms with E-state index in [0.29, 0.717) is 12.6 Å². The fourth-order valence-corrected chi connectivity index (χ4v) is 0.353. The van der Waals surface area contributed by atoms with Crippen LogP contribution < -0.4 is 11.5 Å². The van der Waals surface area contributed by atoms with Crippen molar-refractivity contribution >= 4 is 0 Å². The molecule has 0 spiro atoms. The molecule has 0 unspecified atom stereocenters. The zero-order valence-corrected chi connectivity index (χ0v) is 5.65. The van der Waals surface area contributed by atoms with Crippen molar-refractivity contribution in [3.05, 3.63) is 0 Å². The summed E-state index contributed by atoms with van der Waals surface area (Å²) in [5.41, 5.74) is 0. The summed E-state index contributed by atoms with van der Waals surface area (Å²) >= 11 is 0. The Balaban J connectivity index is 0. The van der Waals surface area contributed by atoms with E-state index in [2.05, 4.69) is 19.2 Å². The molecular weight excluding hydrogens is 104 g/mol. The van der Waals surface area contributed by atoms with Crippen molar-refractivity contribution in [1.29, 1.82) is 0 Å². The summed E-state index contributed by atoms with van der Waals surface area (Å²) in [6.07, 6.45) is 0. The van der Waals surface area contributed by atoms with E-state index < -0.39 is 0 Å². The Morgan fingerprint density at radius 2 is 2.00 bits per heavy atom. The number of rotatable bonds is 3. The van der Waals surface area contributed by atoms with E-state index >= 15 is 0 Å². The fraction of sp³-hybridized carbons (Fsp3) is 1.00. The standard InChI is InChI=1S/C5H13NO.H3N/c1-5(2)6-3-4-7;/h5-7H,3-4H2,1-2H3;1H3. The van der Waals surface area contributed by atoms with Gasteiger partial charge in [-0.3, -0.25) is 0 Å². The molecule has 0 amide bonds. The van der Waals surface area contributed by atoms with E-state index in [1.54, 1.807) is 0 Å². The van der Waals surface area contributed by atoms with Crippen molar-refractivity contribution in [2.45, 2.75) is 19.9 Å². The first-order valence-corrected chi connectivity index (χ1v) is 2.61. The predicted molar refractivity (Wildman–Crippen MR) is 35.2 cm³/mol. The smallest absolute Gasteiger partial charge is 0.0556 e. The van der Waals surface area contributed by atoms with E-state index in [-0.39, 0.29) is 12.8 Å². The van der Waals surface area contributed by atoms with E-state index in [1.165, 1.54) is 0 Å². The molecular formula is C5H16N2O. The average molecular weight is 120 g/mol. The highest BCUT2D eigenvalue weighted by Gasteiger charge is 1.86. The Morgan fingerprint density at radius 3 is 2.12 bits per heavy atom. The van der Waals surface area contributed by atoms with Crippen molar-refractivity contribution in [2.24, 2.45) is 0 Å². The highest BCUT2D eigenvalue weighted by molar-refractivity contribution is 4.49. The first kappa shape index (κ1) is 10.8. The molecule has 0 bridgehead atoms. The van der Waals surface area contributed by atoms with Crippen LogP contribution in [0, 0.1) is 0 Å². The summed E-state index contributed by atoms with van der Waals surface area (Å²) < 4.78 is 0. The molecule has 0 heterocycles. The number of hydrogen-bond acceptors (Lipinski definition) is 3. The fourth-order valence-electron chi connectivity index (χ4n) is 0.353. The number of aliphatic hydroxyl groups is 1. The maximum absolute atomic E-state index is 8.25. The third kappa shape index (κ3) is 9.30. The highest BCUT2D eigenvalue weighted by Crippen LogP contribution is 1.71.